The minimum Gasteiger partial charge on any atom is -0.373 e. The number of rotatable bonds is 9. The molecule has 4 heterocycles. The van der Waals surface area contributed by atoms with Crippen LogP contribution in [0.3, 0.4) is 0 Å². The Morgan fingerprint density at radius 3 is 2.50 bits per heavy atom. The van der Waals surface area contributed by atoms with E-state index in [0.29, 0.717) is 62.8 Å². The maximum absolute atomic E-state index is 13.1. The molecule has 3 aromatic heterocycles. The van der Waals surface area contributed by atoms with E-state index in [0.717, 1.165) is 39.9 Å². The number of alkyl halides is 3. The average Bonchev–Trinajstić information content (AvgIpc) is 3.42. The molecule has 0 unspecified atom stereocenters. The number of ether oxygens (including phenoxy) is 1. The van der Waals surface area contributed by atoms with Gasteiger partial charge in [0.25, 0.3) is 5.91 Å². The van der Waals surface area contributed by atoms with Gasteiger partial charge >= 0.3 is 6.18 Å². The summed E-state index contributed by atoms with van der Waals surface area (Å²) in [5.41, 5.74) is 1.76. The van der Waals surface area contributed by atoms with Crippen LogP contribution in [0.2, 0.25) is 0 Å². The molecule has 2 fully saturated rings. The Bertz CT molecular complexity index is 1690. The highest BCUT2D eigenvalue weighted by Crippen LogP contribution is 2.36. The summed E-state index contributed by atoms with van der Waals surface area (Å²) in [5, 5.41) is 3.55. The van der Waals surface area contributed by atoms with Gasteiger partial charge in [0.2, 0.25) is 5.91 Å². The third-order valence-electron chi connectivity index (χ3n) is 8.47. The lowest BCUT2D eigenvalue weighted by atomic mass is 9.78. The van der Waals surface area contributed by atoms with Crippen LogP contribution >= 0.6 is 11.3 Å². The lowest BCUT2D eigenvalue weighted by Crippen LogP contribution is -2.60. The standard InChI is InChI=1S/C32H34F3N7O3S/c1-3-10-45-18-28-37-14-22(15-38-28)20-4-6-25-27(13-20)46-31(39-25)40-29(43)21-11-24(12-21)42-9-8-41(17-19(42)2)30(44)26-7-5-23(16-36-26)32(33,34)35/h4-7,13-16,19,21,24H,3,8-12,17-18H2,1-2H3,(H,39,40,43)/t19-,21-,24+/m0/s1. The molecule has 1 saturated carbocycles. The van der Waals surface area contributed by atoms with Crippen molar-refractivity contribution >= 4 is 38.5 Å². The van der Waals surface area contributed by atoms with Crippen LogP contribution in [-0.2, 0) is 22.3 Å². The number of nitrogens with one attached hydrogen (secondary N) is 1. The zero-order chi connectivity index (χ0) is 32.4. The highest BCUT2D eigenvalue weighted by Gasteiger charge is 2.42. The summed E-state index contributed by atoms with van der Waals surface area (Å²) in [6.45, 7) is 6.62. The number of amides is 2. The minimum atomic E-state index is -4.50. The molecule has 1 aliphatic heterocycles. The number of anilines is 1. The third-order valence-corrected chi connectivity index (χ3v) is 9.40. The van der Waals surface area contributed by atoms with Gasteiger partial charge < -0.3 is 15.0 Å². The predicted octanol–water partition coefficient (Wildman–Crippen LogP) is 5.66. The summed E-state index contributed by atoms with van der Waals surface area (Å²) < 4.78 is 45.0. The van der Waals surface area contributed by atoms with Crippen molar-refractivity contribution in [1.82, 2.24) is 29.7 Å². The van der Waals surface area contributed by atoms with Gasteiger partial charge in [-0.15, -0.1) is 0 Å². The highest BCUT2D eigenvalue weighted by atomic mass is 32.1. The van der Waals surface area contributed by atoms with Gasteiger partial charge in [0.15, 0.2) is 11.0 Å². The fourth-order valence-corrected chi connectivity index (χ4v) is 6.78. The first-order chi connectivity index (χ1) is 22.1. The molecule has 1 N–H and O–H groups in total. The summed E-state index contributed by atoms with van der Waals surface area (Å²) in [6.07, 6.45) is 2.11. The Kier molecular flexibility index (Phi) is 9.29. The summed E-state index contributed by atoms with van der Waals surface area (Å²) in [4.78, 5) is 47.0. The van der Waals surface area contributed by atoms with Crippen molar-refractivity contribution in [1.29, 1.82) is 0 Å². The number of aromatic nitrogens is 4. The lowest BCUT2D eigenvalue weighted by Gasteiger charge is -2.49. The molecule has 1 aliphatic carbocycles. The Hall–Kier alpha value is -4.01. The highest BCUT2D eigenvalue weighted by molar-refractivity contribution is 7.22. The van der Waals surface area contributed by atoms with Gasteiger partial charge in [-0.2, -0.15) is 13.2 Å². The molecular formula is C32H34F3N7O3S. The molecule has 2 amide bonds. The predicted molar refractivity (Wildman–Crippen MR) is 167 cm³/mol. The topological polar surface area (TPSA) is 113 Å². The van der Waals surface area contributed by atoms with E-state index in [1.807, 2.05) is 25.1 Å². The summed E-state index contributed by atoms with van der Waals surface area (Å²) in [7, 11) is 0. The smallest absolute Gasteiger partial charge is 0.373 e. The molecule has 1 saturated heterocycles. The van der Waals surface area contributed by atoms with Gasteiger partial charge in [-0.1, -0.05) is 24.3 Å². The first kappa shape index (κ1) is 32.0. The molecule has 10 nitrogen and oxygen atoms in total. The fraction of sp³-hybridized carbons (Fsp3) is 0.438. The average molecular weight is 654 g/mol. The Morgan fingerprint density at radius 2 is 1.83 bits per heavy atom. The molecule has 0 spiro atoms. The molecule has 6 rings (SSSR count). The van der Waals surface area contributed by atoms with Gasteiger partial charge in [0, 0.05) is 68.4 Å². The van der Waals surface area contributed by atoms with Crippen LogP contribution < -0.4 is 5.32 Å². The number of carbonyl (C=O) groups is 2. The molecule has 14 heteroatoms. The molecular weight excluding hydrogens is 619 g/mol. The van der Waals surface area contributed by atoms with Crippen molar-refractivity contribution in [2.24, 2.45) is 5.92 Å². The van der Waals surface area contributed by atoms with Crippen molar-refractivity contribution in [3.05, 3.63) is 66.0 Å². The van der Waals surface area contributed by atoms with Crippen LogP contribution in [0.15, 0.2) is 48.9 Å². The van der Waals surface area contributed by atoms with Gasteiger partial charge in [-0.25, -0.2) is 15.0 Å². The van der Waals surface area contributed by atoms with E-state index in [-0.39, 0.29) is 35.5 Å². The lowest BCUT2D eigenvalue weighted by molar-refractivity contribution is -0.137. The number of nitrogens with zero attached hydrogens (tertiary/aromatic N) is 6. The first-order valence-electron chi connectivity index (χ1n) is 15.3. The molecule has 242 valence electrons. The molecule has 4 aromatic rings. The quantitative estimate of drug-likeness (QED) is 0.231. The number of carbonyl (C=O) groups excluding carboxylic acids is 2. The van der Waals surface area contributed by atoms with E-state index >= 15 is 0 Å². The Balaban J connectivity index is 0.991. The number of pyridine rings is 1. The van der Waals surface area contributed by atoms with Crippen LogP contribution in [0.5, 0.6) is 0 Å². The van der Waals surface area contributed by atoms with Crippen molar-refractivity contribution in [3.8, 4) is 11.1 Å². The molecule has 1 aromatic carbocycles. The largest absolute Gasteiger partial charge is 0.417 e. The third kappa shape index (κ3) is 7.03. The van der Waals surface area contributed by atoms with Crippen LogP contribution in [-0.4, -0.2) is 79.9 Å². The normalized spacial score (nSPS) is 20.5. The van der Waals surface area contributed by atoms with Gasteiger partial charge in [-0.05, 0) is 56.0 Å². The molecule has 0 bridgehead atoms. The van der Waals surface area contributed by atoms with E-state index in [9.17, 15) is 22.8 Å². The number of thiazole rings is 1. The maximum atomic E-state index is 13.1. The fourth-order valence-electron chi connectivity index (χ4n) is 5.87. The second-order valence-corrected chi connectivity index (χ2v) is 12.8. The van der Waals surface area contributed by atoms with Gasteiger partial charge in [-0.3, -0.25) is 19.5 Å². The molecule has 0 radical (unpaired) electrons. The van der Waals surface area contributed by atoms with Gasteiger partial charge in [0.05, 0.1) is 15.8 Å². The summed E-state index contributed by atoms with van der Waals surface area (Å²) >= 11 is 1.42. The number of hydrogen-bond donors (Lipinski definition) is 1. The van der Waals surface area contributed by atoms with E-state index in [2.05, 4.69) is 37.1 Å². The number of halogens is 3. The van der Waals surface area contributed by atoms with Crippen molar-refractivity contribution in [3.63, 3.8) is 0 Å². The van der Waals surface area contributed by atoms with E-state index < -0.39 is 11.7 Å². The van der Waals surface area contributed by atoms with Crippen LogP contribution in [0, 0.1) is 5.92 Å². The Labute approximate surface area is 268 Å². The van der Waals surface area contributed by atoms with Crippen LogP contribution in [0.25, 0.3) is 21.3 Å². The Morgan fingerprint density at radius 1 is 1.04 bits per heavy atom. The second-order valence-electron chi connectivity index (χ2n) is 11.7. The number of piperazine rings is 1. The van der Waals surface area contributed by atoms with E-state index in [1.54, 1.807) is 17.3 Å². The van der Waals surface area contributed by atoms with Crippen LogP contribution in [0.4, 0.5) is 18.3 Å². The minimum absolute atomic E-state index is 0.00326. The number of benzene rings is 1. The summed E-state index contributed by atoms with van der Waals surface area (Å²) in [5.74, 6) is 0.0703. The zero-order valence-electron chi connectivity index (χ0n) is 25.5. The number of hydrogen-bond acceptors (Lipinski definition) is 9. The van der Waals surface area contributed by atoms with Crippen molar-refractivity contribution in [2.75, 3.05) is 31.6 Å². The van der Waals surface area contributed by atoms with E-state index in [4.69, 9.17) is 4.74 Å². The second kappa shape index (κ2) is 13.4. The SMILES string of the molecule is CCCOCc1ncc(-c2ccc3nc(NC(=O)[C@H]4C[C@@H](N5CCN(C(=O)c6ccc(C(F)(F)F)cn6)C[C@@H]5C)C4)sc3c2)cn1. The zero-order valence-corrected chi connectivity index (χ0v) is 26.3. The monoisotopic (exact) mass is 653 g/mol. The van der Waals surface area contributed by atoms with E-state index in [1.165, 1.54) is 11.3 Å². The number of fused-ring (bicyclic) bond motifs is 1. The van der Waals surface area contributed by atoms with Crippen molar-refractivity contribution in [2.45, 2.75) is 58.0 Å². The van der Waals surface area contributed by atoms with Crippen molar-refractivity contribution < 1.29 is 27.5 Å². The molecule has 2 aliphatic rings. The molecule has 1 atom stereocenters. The molecule has 46 heavy (non-hydrogen) atoms. The van der Waals surface area contributed by atoms with Gasteiger partial charge in [0.1, 0.15) is 12.3 Å². The van der Waals surface area contributed by atoms with Crippen LogP contribution in [0.1, 0.15) is 55.0 Å². The maximum Gasteiger partial charge on any atom is 0.417 e. The summed E-state index contributed by atoms with van der Waals surface area (Å²) in [6, 6.07) is 8.17. The first-order valence-corrected chi connectivity index (χ1v) is 16.1.